The predicted octanol–water partition coefficient (Wildman–Crippen LogP) is 4.20. The molecule has 1 heterocycles. The van der Waals surface area contributed by atoms with Gasteiger partial charge < -0.3 is 14.5 Å². The predicted molar refractivity (Wildman–Crippen MR) is 139 cm³/mol. The van der Waals surface area contributed by atoms with Crippen LogP contribution in [0.2, 0.25) is 5.02 Å². The van der Waals surface area contributed by atoms with Gasteiger partial charge in [-0.1, -0.05) is 48.0 Å². The Morgan fingerprint density at radius 1 is 0.971 bits per heavy atom. The smallest absolute Gasteiger partial charge is 0.264 e. The van der Waals surface area contributed by atoms with Crippen LogP contribution in [0, 0.1) is 6.92 Å². The van der Waals surface area contributed by atoms with Crippen molar-refractivity contribution in [1.29, 1.82) is 0 Å². The third-order valence-corrected chi connectivity index (χ3v) is 8.12. The van der Waals surface area contributed by atoms with Gasteiger partial charge >= 0.3 is 0 Å². The quantitative estimate of drug-likeness (QED) is 0.473. The average Bonchev–Trinajstić information content (AvgIpc) is 2.89. The van der Waals surface area contributed by atoms with Crippen molar-refractivity contribution >= 4 is 38.9 Å². The van der Waals surface area contributed by atoms with Gasteiger partial charge in [0, 0.05) is 31.2 Å². The Morgan fingerprint density at radius 2 is 1.63 bits per heavy atom. The fourth-order valence-electron chi connectivity index (χ4n) is 4.18. The van der Waals surface area contributed by atoms with Gasteiger partial charge in [0.1, 0.15) is 12.3 Å². The summed E-state index contributed by atoms with van der Waals surface area (Å²) < 4.78 is 33.9. The van der Waals surface area contributed by atoms with Gasteiger partial charge in [0.05, 0.1) is 23.4 Å². The lowest BCUT2D eigenvalue weighted by Crippen LogP contribution is -2.52. The Bertz CT molecular complexity index is 1290. The molecular formula is C26H28ClN3O4S. The van der Waals surface area contributed by atoms with Crippen LogP contribution in [-0.4, -0.2) is 59.1 Å². The van der Waals surface area contributed by atoms with Crippen LogP contribution in [0.25, 0.3) is 0 Å². The SMILES string of the molecule is COc1ccccc1N1CCN(C(=O)CN(c2cc(Cl)ccc2C)S(=O)(=O)c2ccccc2)CC1. The Morgan fingerprint density at radius 3 is 2.31 bits per heavy atom. The fraction of sp³-hybridized carbons (Fsp3) is 0.269. The minimum atomic E-state index is -3.99. The van der Waals surface area contributed by atoms with Crippen LogP contribution in [-0.2, 0) is 14.8 Å². The summed E-state index contributed by atoms with van der Waals surface area (Å²) in [6.45, 7) is 3.68. The molecule has 9 heteroatoms. The van der Waals surface area contributed by atoms with Crippen LogP contribution in [0.3, 0.4) is 0 Å². The van der Waals surface area contributed by atoms with Crippen molar-refractivity contribution in [1.82, 2.24) is 4.90 Å². The number of sulfonamides is 1. The zero-order chi connectivity index (χ0) is 25.0. The number of piperazine rings is 1. The molecule has 1 fully saturated rings. The maximum absolute atomic E-state index is 13.6. The highest BCUT2D eigenvalue weighted by Gasteiger charge is 2.31. The molecule has 0 atom stereocenters. The number of ether oxygens (including phenoxy) is 1. The van der Waals surface area contributed by atoms with E-state index in [9.17, 15) is 13.2 Å². The molecule has 0 N–H and O–H groups in total. The number of rotatable bonds is 7. The molecule has 0 saturated carbocycles. The maximum Gasteiger partial charge on any atom is 0.264 e. The monoisotopic (exact) mass is 513 g/mol. The summed E-state index contributed by atoms with van der Waals surface area (Å²) in [7, 11) is -2.35. The minimum absolute atomic E-state index is 0.119. The van der Waals surface area contributed by atoms with Gasteiger partial charge in [-0.15, -0.1) is 0 Å². The number of carbonyl (C=O) groups is 1. The normalized spacial score (nSPS) is 14.0. The largest absolute Gasteiger partial charge is 0.495 e. The highest BCUT2D eigenvalue weighted by Crippen LogP contribution is 2.31. The summed E-state index contributed by atoms with van der Waals surface area (Å²) >= 11 is 6.21. The maximum atomic E-state index is 13.6. The molecule has 0 bridgehead atoms. The summed E-state index contributed by atoms with van der Waals surface area (Å²) in [4.78, 5) is 17.4. The summed E-state index contributed by atoms with van der Waals surface area (Å²) in [6.07, 6.45) is 0. The molecule has 1 aliphatic heterocycles. The van der Waals surface area contributed by atoms with Gasteiger partial charge in [-0.05, 0) is 48.9 Å². The average molecular weight is 514 g/mol. The summed E-state index contributed by atoms with van der Waals surface area (Å²) in [5.41, 5.74) is 2.08. The molecule has 0 aliphatic carbocycles. The van der Waals surface area contributed by atoms with Gasteiger partial charge in [0.25, 0.3) is 10.0 Å². The van der Waals surface area contributed by atoms with E-state index in [1.165, 1.54) is 16.4 Å². The van der Waals surface area contributed by atoms with Crippen LogP contribution >= 0.6 is 11.6 Å². The Kier molecular flexibility index (Phi) is 7.52. The Balaban J connectivity index is 1.56. The number of hydrogen-bond donors (Lipinski definition) is 0. The number of amides is 1. The summed E-state index contributed by atoms with van der Waals surface area (Å²) in [5.74, 6) is 0.521. The molecule has 1 amide bonds. The molecule has 3 aromatic rings. The number of para-hydroxylation sites is 2. The number of benzene rings is 3. The molecule has 4 rings (SSSR count). The van der Waals surface area contributed by atoms with Crippen LogP contribution in [0.1, 0.15) is 5.56 Å². The molecule has 1 aliphatic rings. The molecule has 0 spiro atoms. The number of anilines is 2. The van der Waals surface area contributed by atoms with E-state index in [2.05, 4.69) is 4.90 Å². The van der Waals surface area contributed by atoms with Crippen LogP contribution < -0.4 is 13.9 Å². The van der Waals surface area contributed by atoms with Gasteiger partial charge in [-0.25, -0.2) is 8.42 Å². The Labute approximate surface area is 211 Å². The van der Waals surface area contributed by atoms with Crippen LogP contribution in [0.4, 0.5) is 11.4 Å². The second kappa shape index (κ2) is 10.6. The van der Waals surface area contributed by atoms with Crippen molar-refractivity contribution in [2.45, 2.75) is 11.8 Å². The van der Waals surface area contributed by atoms with E-state index in [0.29, 0.717) is 42.5 Å². The van der Waals surface area contributed by atoms with E-state index in [-0.39, 0.29) is 17.3 Å². The minimum Gasteiger partial charge on any atom is -0.495 e. The van der Waals surface area contributed by atoms with E-state index < -0.39 is 10.0 Å². The first-order valence-corrected chi connectivity index (χ1v) is 13.1. The molecule has 35 heavy (non-hydrogen) atoms. The third kappa shape index (κ3) is 5.39. The molecular weight excluding hydrogens is 486 g/mol. The van der Waals surface area contributed by atoms with Crippen molar-refractivity contribution < 1.29 is 17.9 Å². The Hall–Kier alpha value is -3.23. The number of halogens is 1. The first-order valence-electron chi connectivity index (χ1n) is 11.3. The molecule has 0 unspecified atom stereocenters. The number of carbonyl (C=O) groups excluding carboxylic acids is 1. The number of hydrogen-bond acceptors (Lipinski definition) is 5. The van der Waals surface area contributed by atoms with Crippen molar-refractivity contribution in [2.24, 2.45) is 0 Å². The zero-order valence-electron chi connectivity index (χ0n) is 19.7. The number of aryl methyl sites for hydroxylation is 1. The topological polar surface area (TPSA) is 70.2 Å². The van der Waals surface area contributed by atoms with E-state index >= 15 is 0 Å². The van der Waals surface area contributed by atoms with Gasteiger partial charge in [-0.2, -0.15) is 0 Å². The third-order valence-electron chi connectivity index (χ3n) is 6.11. The van der Waals surface area contributed by atoms with Crippen LogP contribution in [0.15, 0.2) is 77.7 Å². The second-order valence-corrected chi connectivity index (χ2v) is 10.6. The molecule has 184 valence electrons. The van der Waals surface area contributed by atoms with Crippen molar-refractivity contribution in [2.75, 3.05) is 49.0 Å². The first-order chi connectivity index (χ1) is 16.8. The van der Waals surface area contributed by atoms with Gasteiger partial charge in [-0.3, -0.25) is 9.10 Å². The first kappa shape index (κ1) is 24.9. The lowest BCUT2D eigenvalue weighted by Gasteiger charge is -2.37. The lowest BCUT2D eigenvalue weighted by molar-refractivity contribution is -0.129. The summed E-state index contributed by atoms with van der Waals surface area (Å²) in [5, 5.41) is 0.400. The highest BCUT2D eigenvalue weighted by atomic mass is 35.5. The summed E-state index contributed by atoms with van der Waals surface area (Å²) in [6, 6.07) is 20.9. The zero-order valence-corrected chi connectivity index (χ0v) is 21.3. The van der Waals surface area contributed by atoms with E-state index in [1.807, 2.05) is 24.3 Å². The van der Waals surface area contributed by atoms with E-state index in [1.54, 1.807) is 55.3 Å². The second-order valence-electron chi connectivity index (χ2n) is 8.30. The van der Waals surface area contributed by atoms with Crippen molar-refractivity contribution in [3.05, 3.63) is 83.4 Å². The highest BCUT2D eigenvalue weighted by molar-refractivity contribution is 7.92. The molecule has 1 saturated heterocycles. The lowest BCUT2D eigenvalue weighted by atomic mass is 10.2. The number of methoxy groups -OCH3 is 1. The van der Waals surface area contributed by atoms with Crippen molar-refractivity contribution in [3.8, 4) is 5.75 Å². The molecule has 0 radical (unpaired) electrons. The van der Waals surface area contributed by atoms with Crippen molar-refractivity contribution in [3.63, 3.8) is 0 Å². The van der Waals surface area contributed by atoms with E-state index in [4.69, 9.17) is 16.3 Å². The standard InChI is InChI=1S/C26H28ClN3O4S/c1-20-12-13-21(27)18-24(20)30(35(32,33)22-8-4-3-5-9-22)19-26(31)29-16-14-28(15-17-29)23-10-6-7-11-25(23)34-2/h3-13,18H,14-17,19H2,1-2H3. The van der Waals surface area contributed by atoms with Gasteiger partial charge in [0.2, 0.25) is 5.91 Å². The van der Waals surface area contributed by atoms with E-state index in [0.717, 1.165) is 11.4 Å². The number of nitrogens with zero attached hydrogens (tertiary/aromatic N) is 3. The molecule has 7 nitrogen and oxygen atoms in total. The molecule has 3 aromatic carbocycles. The van der Waals surface area contributed by atoms with Crippen LogP contribution in [0.5, 0.6) is 5.75 Å². The fourth-order valence-corrected chi connectivity index (χ4v) is 5.84. The molecule has 0 aromatic heterocycles. The van der Waals surface area contributed by atoms with Gasteiger partial charge in [0.15, 0.2) is 0 Å².